The average Bonchev–Trinajstić information content (AvgIpc) is 3.26. The van der Waals surface area contributed by atoms with Crippen molar-refractivity contribution in [1.29, 1.82) is 0 Å². The second-order valence-corrected chi connectivity index (χ2v) is 9.50. The van der Waals surface area contributed by atoms with Crippen LogP contribution < -0.4 is 4.74 Å². The summed E-state index contributed by atoms with van der Waals surface area (Å²) in [6, 6.07) is 16.6. The largest absolute Gasteiger partial charge is 0.482 e. The molecule has 1 aromatic heterocycles. The van der Waals surface area contributed by atoms with E-state index in [0.29, 0.717) is 28.5 Å². The van der Waals surface area contributed by atoms with Gasteiger partial charge in [0.2, 0.25) is 0 Å². The highest BCUT2D eigenvalue weighted by Gasteiger charge is 2.30. The van der Waals surface area contributed by atoms with E-state index in [-0.39, 0.29) is 6.61 Å². The number of aromatic nitrogens is 1. The predicted octanol–water partition coefficient (Wildman–Crippen LogP) is 7.30. The maximum atomic E-state index is 12.9. The molecule has 0 aliphatic rings. The summed E-state index contributed by atoms with van der Waals surface area (Å²) in [4.78, 5) is 16.4. The lowest BCUT2D eigenvalue weighted by molar-refractivity contribution is -0.139. The maximum absolute atomic E-state index is 12.9. The number of thiazole rings is 1. The van der Waals surface area contributed by atoms with Crippen LogP contribution >= 0.6 is 23.1 Å². The van der Waals surface area contributed by atoms with Gasteiger partial charge in [-0.05, 0) is 53.9 Å². The van der Waals surface area contributed by atoms with Gasteiger partial charge in [-0.2, -0.15) is 13.2 Å². The fourth-order valence-electron chi connectivity index (χ4n) is 3.41. The van der Waals surface area contributed by atoms with Crippen LogP contribution in [0.1, 0.15) is 23.6 Å². The Hall–Kier alpha value is -3.04. The van der Waals surface area contributed by atoms with E-state index in [0.717, 1.165) is 38.4 Å². The third kappa shape index (κ3) is 5.53. The molecule has 4 nitrogen and oxygen atoms in total. The minimum Gasteiger partial charge on any atom is -0.482 e. The van der Waals surface area contributed by atoms with Crippen molar-refractivity contribution in [3.05, 3.63) is 77.4 Å². The Kier molecular flexibility index (Phi) is 7.13. The summed E-state index contributed by atoms with van der Waals surface area (Å²) in [7, 11) is 0. The quantitative estimate of drug-likeness (QED) is 0.256. The molecule has 1 heterocycles. The first kappa shape index (κ1) is 24.1. The molecule has 0 atom stereocenters. The van der Waals surface area contributed by atoms with Gasteiger partial charge in [0.1, 0.15) is 10.8 Å². The zero-order chi connectivity index (χ0) is 24.3. The number of nitrogens with zero attached hydrogens (tertiary/aromatic N) is 1. The minimum atomic E-state index is -4.37. The third-order valence-corrected chi connectivity index (χ3v) is 7.35. The molecule has 0 spiro atoms. The molecule has 0 bridgehead atoms. The van der Waals surface area contributed by atoms with E-state index in [9.17, 15) is 18.0 Å². The first-order chi connectivity index (χ1) is 16.2. The molecule has 0 saturated heterocycles. The van der Waals surface area contributed by atoms with E-state index >= 15 is 0 Å². The van der Waals surface area contributed by atoms with Crippen LogP contribution in [-0.4, -0.2) is 22.7 Å². The molecule has 176 valence electrons. The molecule has 0 radical (unpaired) electrons. The Morgan fingerprint density at radius 3 is 2.53 bits per heavy atom. The van der Waals surface area contributed by atoms with Crippen LogP contribution in [0.2, 0.25) is 0 Å². The van der Waals surface area contributed by atoms with Crippen molar-refractivity contribution in [2.24, 2.45) is 0 Å². The second kappa shape index (κ2) is 10.1. The molecule has 0 fully saturated rings. The topological polar surface area (TPSA) is 59.4 Å². The van der Waals surface area contributed by atoms with Crippen LogP contribution in [0.5, 0.6) is 5.75 Å². The zero-order valence-electron chi connectivity index (χ0n) is 18.1. The van der Waals surface area contributed by atoms with Crippen LogP contribution in [0, 0.1) is 0 Å². The lowest BCUT2D eigenvalue weighted by Gasteiger charge is -2.11. The first-order valence-electron chi connectivity index (χ1n) is 10.4. The van der Waals surface area contributed by atoms with Crippen LogP contribution in [0.4, 0.5) is 13.2 Å². The third-order valence-electron chi connectivity index (χ3n) is 5.11. The zero-order valence-corrected chi connectivity index (χ0v) is 19.7. The lowest BCUT2D eigenvalue weighted by atomic mass is 10.1. The first-order valence-corrected chi connectivity index (χ1v) is 12.2. The van der Waals surface area contributed by atoms with Crippen molar-refractivity contribution in [3.8, 4) is 16.3 Å². The molecule has 4 rings (SSSR count). The molecule has 9 heteroatoms. The van der Waals surface area contributed by atoms with Crippen LogP contribution in [0.15, 0.2) is 65.6 Å². The van der Waals surface area contributed by atoms with E-state index in [4.69, 9.17) is 9.84 Å². The Labute approximate surface area is 202 Å². The van der Waals surface area contributed by atoms with Crippen LogP contribution in [0.25, 0.3) is 20.8 Å². The van der Waals surface area contributed by atoms with Gasteiger partial charge in [-0.1, -0.05) is 31.2 Å². The van der Waals surface area contributed by atoms with Crippen molar-refractivity contribution < 1.29 is 27.8 Å². The van der Waals surface area contributed by atoms with E-state index in [2.05, 4.69) is 4.98 Å². The van der Waals surface area contributed by atoms with Gasteiger partial charge in [0, 0.05) is 16.2 Å². The molecule has 0 unspecified atom stereocenters. The molecule has 0 saturated carbocycles. The Morgan fingerprint density at radius 1 is 1.09 bits per heavy atom. The number of aliphatic carboxylic acids is 1. The number of rotatable bonds is 8. The van der Waals surface area contributed by atoms with E-state index < -0.39 is 17.7 Å². The predicted molar refractivity (Wildman–Crippen MR) is 129 cm³/mol. The normalized spacial score (nSPS) is 11.6. The SMILES string of the molecule is CCc1cc(SCc2cccc3nc(-c4ccc(C(F)(F)F)cc4)sc23)ccc1OCC(=O)O. The lowest BCUT2D eigenvalue weighted by Crippen LogP contribution is -2.10. The molecule has 0 aliphatic heterocycles. The number of benzene rings is 3. The van der Waals surface area contributed by atoms with E-state index in [1.54, 1.807) is 17.8 Å². The number of carbonyl (C=O) groups is 1. The summed E-state index contributed by atoms with van der Waals surface area (Å²) >= 11 is 3.11. The molecule has 34 heavy (non-hydrogen) atoms. The van der Waals surface area contributed by atoms with E-state index in [1.807, 2.05) is 37.3 Å². The number of halogens is 3. The van der Waals surface area contributed by atoms with Gasteiger partial charge in [0.05, 0.1) is 15.8 Å². The monoisotopic (exact) mass is 503 g/mol. The number of thioether (sulfide) groups is 1. The van der Waals surface area contributed by atoms with Crippen molar-refractivity contribution >= 4 is 39.3 Å². The summed E-state index contributed by atoms with van der Waals surface area (Å²) in [5, 5.41) is 9.51. The molecular formula is C25H20F3NO3S2. The number of fused-ring (bicyclic) bond motifs is 1. The van der Waals surface area contributed by atoms with E-state index in [1.165, 1.54) is 23.5 Å². The molecule has 0 aliphatic carbocycles. The molecule has 0 amide bonds. The standard InChI is InChI=1S/C25H20F3NO3S2/c1-2-15-12-19(10-11-21(15)32-13-22(30)31)33-14-17-4-3-5-20-23(17)34-24(29-20)16-6-8-18(9-7-16)25(26,27)28/h3-12H,2,13-14H2,1H3,(H,30,31). The molecule has 4 aromatic rings. The number of carboxylic acids is 1. The molecule has 1 N–H and O–H groups in total. The van der Waals surface area contributed by atoms with Crippen molar-refractivity contribution in [1.82, 2.24) is 4.98 Å². The number of carboxylic acid groups (broad SMARTS) is 1. The fraction of sp³-hybridized carbons (Fsp3) is 0.200. The summed E-state index contributed by atoms with van der Waals surface area (Å²) in [6.45, 7) is 1.60. The van der Waals surface area contributed by atoms with Crippen LogP contribution in [-0.2, 0) is 23.1 Å². The Balaban J connectivity index is 1.53. The fourth-order valence-corrected chi connectivity index (χ4v) is 5.53. The van der Waals surface area contributed by atoms with Gasteiger partial charge in [-0.3, -0.25) is 0 Å². The van der Waals surface area contributed by atoms with Gasteiger partial charge in [0.25, 0.3) is 0 Å². The summed E-state index contributed by atoms with van der Waals surface area (Å²) in [5.41, 5.74) is 2.80. The van der Waals surface area contributed by atoms with Crippen molar-refractivity contribution in [2.45, 2.75) is 30.2 Å². The van der Waals surface area contributed by atoms with Crippen molar-refractivity contribution in [3.63, 3.8) is 0 Å². The Morgan fingerprint density at radius 2 is 1.85 bits per heavy atom. The summed E-state index contributed by atoms with van der Waals surface area (Å²) in [6.07, 6.45) is -3.65. The van der Waals surface area contributed by atoms with Gasteiger partial charge >= 0.3 is 12.1 Å². The number of alkyl halides is 3. The number of hydrogen-bond donors (Lipinski definition) is 1. The van der Waals surface area contributed by atoms with Gasteiger partial charge in [-0.15, -0.1) is 23.1 Å². The smallest absolute Gasteiger partial charge is 0.416 e. The number of ether oxygens (including phenoxy) is 1. The highest BCUT2D eigenvalue weighted by molar-refractivity contribution is 7.98. The van der Waals surface area contributed by atoms with Crippen LogP contribution in [0.3, 0.4) is 0 Å². The highest BCUT2D eigenvalue weighted by Crippen LogP contribution is 2.37. The average molecular weight is 504 g/mol. The maximum Gasteiger partial charge on any atom is 0.416 e. The van der Waals surface area contributed by atoms with Crippen molar-refractivity contribution in [2.75, 3.05) is 6.61 Å². The summed E-state index contributed by atoms with van der Waals surface area (Å²) < 4.78 is 44.9. The van der Waals surface area contributed by atoms with Gasteiger partial charge in [-0.25, -0.2) is 9.78 Å². The minimum absolute atomic E-state index is 0.381. The number of aryl methyl sites for hydroxylation is 1. The van der Waals surface area contributed by atoms with Gasteiger partial charge in [0.15, 0.2) is 6.61 Å². The molecular weight excluding hydrogens is 483 g/mol. The Bertz CT molecular complexity index is 1320. The summed E-state index contributed by atoms with van der Waals surface area (Å²) in [5.74, 6) is 0.235. The number of hydrogen-bond acceptors (Lipinski definition) is 5. The molecule has 3 aromatic carbocycles. The second-order valence-electron chi connectivity index (χ2n) is 7.45. The highest BCUT2D eigenvalue weighted by atomic mass is 32.2. The van der Waals surface area contributed by atoms with Gasteiger partial charge < -0.3 is 9.84 Å².